The molecule has 0 spiro atoms. The Labute approximate surface area is 793 Å². The minimum Gasteiger partial charge on any atom is -0.463 e. The van der Waals surface area contributed by atoms with Crippen molar-refractivity contribution < 1.29 is 152 Å². The summed E-state index contributed by atoms with van der Waals surface area (Å²) in [6.45, 7) is 13.4. The highest BCUT2D eigenvalue weighted by Crippen LogP contribution is 2.42. The van der Waals surface area contributed by atoms with Crippen LogP contribution in [-0.2, 0) is 187 Å². The molecule has 6 aromatic carbocycles. The van der Waals surface area contributed by atoms with Crippen molar-refractivity contribution in [2.75, 3.05) is 77.2 Å². The largest absolute Gasteiger partial charge is 0.463 e. The third-order valence-electron chi connectivity index (χ3n) is 20.9. The van der Waals surface area contributed by atoms with Gasteiger partial charge in [0.1, 0.15) is 90.7 Å². The van der Waals surface area contributed by atoms with Crippen molar-refractivity contribution in [3.05, 3.63) is 215 Å². The van der Waals surface area contributed by atoms with Gasteiger partial charge >= 0.3 is 53.8 Å². The highest BCUT2D eigenvalue weighted by atomic mass is 32.2. The molecule has 734 valence electrons. The summed E-state index contributed by atoms with van der Waals surface area (Å²) >= 11 is 2.19. The lowest BCUT2D eigenvalue weighted by Crippen LogP contribution is -2.66. The number of nitrogens with zero attached hydrogens (tertiary/aromatic N) is 1. The standard InChI is InChI=1S/C97H122N4O32S2/c1-60(102)115-56-76-82(121-62(3)104)86(123-64(5)106)88(125-66(7)108)92(127-76)131-80-74(54-113-48-68-30-18-12-19-31-68)129-94(90(119-52-72-38-26-16-27-39-72)84(80)117-50-70-34-22-14-23-35-70)134-58-78(110)98-42-45-101(47-44-100-96(112)133-97(9,10)11)46-43-99-79(111)59-135-95-91(120-53-73-40-28-17-29-41-73)85(118-51-71-36-24-15-25-37-71)81(75(130-95)55-114-49-69-32-20-13-21-33-69)132-93-89(126-67(8)109)87(124-65(6)107)83(122-63(4)105)77(128-93)57-116-61(2)103/h12-41,74-77,80-95H,42-59H2,1-11H3,(H,98,110)(H,99,111)(H,100,112)/t74-,75-,76-,77-,80+,81+,82+,83+,84+,85+,86+,87+,88-,89-,90-,91-,92-,93-,94+,95+/m1/s1. The second-order valence-corrected chi connectivity index (χ2v) is 35.2. The molecule has 4 aliphatic heterocycles. The Kier molecular flexibility index (Phi) is 43.4. The smallest absolute Gasteiger partial charge is 0.407 e. The molecule has 0 aliphatic carbocycles. The molecule has 36 nitrogen and oxygen atoms in total. The molecule has 135 heavy (non-hydrogen) atoms. The second-order valence-electron chi connectivity index (χ2n) is 33.1. The zero-order chi connectivity index (χ0) is 96.8. The maximum atomic E-state index is 14.6. The molecule has 4 saturated heterocycles. The molecule has 0 unspecified atom stereocenters. The first-order valence-corrected chi connectivity index (χ1v) is 46.5. The van der Waals surface area contributed by atoms with Crippen molar-refractivity contribution >= 4 is 89.2 Å². The molecule has 3 amide bonds. The maximum absolute atomic E-state index is 14.6. The van der Waals surface area contributed by atoms with Gasteiger partial charge in [0, 0.05) is 94.7 Å². The monoisotopic (exact) mass is 1920 g/mol. The van der Waals surface area contributed by atoms with Crippen LogP contribution in [0.3, 0.4) is 0 Å². The number of rotatable bonds is 49. The number of alkyl carbamates (subject to hydrolysis) is 1. The highest BCUT2D eigenvalue weighted by Gasteiger charge is 2.59. The van der Waals surface area contributed by atoms with Gasteiger partial charge in [0.25, 0.3) is 0 Å². The average Bonchev–Trinajstić information content (AvgIpc) is 0.768. The summed E-state index contributed by atoms with van der Waals surface area (Å²) in [4.78, 5) is 148. The fraction of sp³-hybridized carbons (Fsp3) is 0.515. The Morgan fingerprint density at radius 2 is 0.585 bits per heavy atom. The molecular formula is C97H122N4O32S2. The van der Waals surface area contributed by atoms with Crippen molar-refractivity contribution in [2.24, 2.45) is 0 Å². The molecular weight excluding hydrogens is 1800 g/mol. The number of ether oxygens (including phenoxy) is 21. The van der Waals surface area contributed by atoms with Gasteiger partial charge in [0.15, 0.2) is 49.2 Å². The van der Waals surface area contributed by atoms with Crippen LogP contribution >= 0.6 is 23.5 Å². The van der Waals surface area contributed by atoms with E-state index in [9.17, 15) is 52.7 Å². The van der Waals surface area contributed by atoms with E-state index in [-0.39, 0.29) is 104 Å². The van der Waals surface area contributed by atoms with Gasteiger partial charge in [-0.2, -0.15) is 0 Å². The van der Waals surface area contributed by atoms with E-state index in [0.717, 1.165) is 112 Å². The Morgan fingerprint density at radius 1 is 0.311 bits per heavy atom. The highest BCUT2D eigenvalue weighted by molar-refractivity contribution is 8.00. The predicted molar refractivity (Wildman–Crippen MR) is 485 cm³/mol. The van der Waals surface area contributed by atoms with E-state index in [0.29, 0.717) is 0 Å². The third-order valence-corrected chi connectivity index (χ3v) is 23.2. The molecule has 0 aromatic heterocycles. The van der Waals surface area contributed by atoms with Gasteiger partial charge in [-0.1, -0.05) is 182 Å². The number of carbonyl (C=O) groups excluding carboxylic acids is 11. The fourth-order valence-corrected chi connectivity index (χ4v) is 17.3. The molecule has 0 saturated carbocycles. The van der Waals surface area contributed by atoms with Crippen molar-refractivity contribution in [1.82, 2.24) is 20.9 Å². The minimum absolute atomic E-state index is 0.0214. The summed E-state index contributed by atoms with van der Waals surface area (Å²) in [5.74, 6) is -7.97. The molecule has 20 atom stereocenters. The summed E-state index contributed by atoms with van der Waals surface area (Å²) < 4.78 is 134. The first kappa shape index (κ1) is 107. The molecule has 3 N–H and O–H groups in total. The van der Waals surface area contributed by atoms with Gasteiger partial charge in [-0.05, 0) is 54.2 Å². The van der Waals surface area contributed by atoms with Crippen molar-refractivity contribution in [2.45, 2.75) is 243 Å². The molecule has 0 radical (unpaired) electrons. The average molecular weight is 1920 g/mol. The van der Waals surface area contributed by atoms with Crippen molar-refractivity contribution in [3.8, 4) is 0 Å². The van der Waals surface area contributed by atoms with Crippen LogP contribution in [0.4, 0.5) is 4.79 Å². The molecule has 38 heteroatoms. The fourth-order valence-electron chi connectivity index (χ4n) is 15.2. The molecule has 4 aliphatic rings. The quantitative estimate of drug-likeness (QED) is 0.0237. The first-order chi connectivity index (χ1) is 64.9. The van der Waals surface area contributed by atoms with E-state index in [1.54, 1.807) is 20.8 Å². The summed E-state index contributed by atoms with van der Waals surface area (Å²) in [5.41, 5.74) is 1.62. The lowest BCUT2D eigenvalue weighted by atomic mass is 9.96. The van der Waals surface area contributed by atoms with E-state index in [1.807, 2.05) is 187 Å². The Balaban J connectivity index is 0.906. The predicted octanol–water partition coefficient (Wildman–Crippen LogP) is 8.67. The zero-order valence-electron chi connectivity index (χ0n) is 77.4. The van der Waals surface area contributed by atoms with Crippen LogP contribution in [0.25, 0.3) is 0 Å². The number of benzene rings is 6. The number of carbonyl (C=O) groups is 11. The van der Waals surface area contributed by atoms with Crippen LogP contribution in [-0.4, -0.2) is 274 Å². The number of hydrogen-bond acceptors (Lipinski definition) is 35. The van der Waals surface area contributed by atoms with Gasteiger partial charge in [0.05, 0.1) is 64.4 Å². The van der Waals surface area contributed by atoms with Crippen LogP contribution in [0.2, 0.25) is 0 Å². The van der Waals surface area contributed by atoms with Gasteiger partial charge in [-0.25, -0.2) is 4.79 Å². The molecule has 4 heterocycles. The maximum Gasteiger partial charge on any atom is 0.407 e. The number of amides is 3. The minimum atomic E-state index is -1.73. The topological polar surface area (TPSA) is 421 Å². The number of hydrogen-bond donors (Lipinski definition) is 3. The Morgan fingerprint density at radius 3 is 0.881 bits per heavy atom. The van der Waals surface area contributed by atoms with E-state index in [1.165, 1.54) is 0 Å². The van der Waals surface area contributed by atoms with Crippen molar-refractivity contribution in [1.29, 1.82) is 0 Å². The second kappa shape index (κ2) is 55.0. The van der Waals surface area contributed by atoms with Crippen LogP contribution in [0.5, 0.6) is 0 Å². The molecule has 4 fully saturated rings. The molecule has 6 aromatic rings. The normalized spacial score (nSPS) is 24.9. The lowest BCUT2D eigenvalue weighted by molar-refractivity contribution is -0.346. The zero-order valence-corrected chi connectivity index (χ0v) is 79.1. The van der Waals surface area contributed by atoms with Gasteiger partial charge in [-0.15, -0.1) is 23.5 Å². The summed E-state index contributed by atoms with van der Waals surface area (Å²) in [6.07, 6.45) is -26.2. The van der Waals surface area contributed by atoms with Crippen LogP contribution < -0.4 is 16.0 Å². The molecule has 0 bridgehead atoms. The molecule has 10 rings (SSSR count). The third kappa shape index (κ3) is 36.2. The van der Waals surface area contributed by atoms with Crippen LogP contribution in [0.15, 0.2) is 182 Å². The number of esters is 8. The van der Waals surface area contributed by atoms with Gasteiger partial charge in [0.2, 0.25) is 11.8 Å². The first-order valence-electron chi connectivity index (χ1n) is 44.4. The lowest BCUT2D eigenvalue weighted by Gasteiger charge is -2.49. The van der Waals surface area contributed by atoms with E-state index >= 15 is 0 Å². The summed E-state index contributed by atoms with van der Waals surface area (Å²) in [5, 5.41) is 8.87. The summed E-state index contributed by atoms with van der Waals surface area (Å²) in [6, 6.07) is 55.6. The SMILES string of the molecule is CC(=O)OC[C@H]1O[C@H](O[C@@H]2[C@H](OCc3ccccc3)[C@@H](OCc3ccccc3)[C@H](SCC(=O)NCCN(CCNC(=O)CS[C@@H]3O[C@H](COCc4ccccc4)[C@H](O[C@H]4O[C@H](COC(C)=O)[C@H](OC(C)=O)[C@H](OC(C)=O)[C@H]4OC(C)=O)[C@H](OCc4ccccc4)[C@H]3OCc3ccccc3)CCNC(=O)OC(C)(C)C)O[C@@H]2COCc2ccccc2)[C@H](OC(C)=O)[C@@H](OC(C)=O)[C@H]1OC(C)=O. The van der Waals surface area contributed by atoms with Gasteiger partial charge < -0.3 is 115 Å². The van der Waals surface area contributed by atoms with Crippen LogP contribution in [0.1, 0.15) is 110 Å². The Bertz CT molecular complexity index is 4420. The van der Waals surface area contributed by atoms with E-state index in [2.05, 4.69) is 16.0 Å². The van der Waals surface area contributed by atoms with E-state index in [4.69, 9.17) is 99.5 Å². The van der Waals surface area contributed by atoms with Gasteiger partial charge in [-0.3, -0.25) is 52.8 Å². The van der Waals surface area contributed by atoms with E-state index < -0.39 is 206 Å². The summed E-state index contributed by atoms with van der Waals surface area (Å²) in [7, 11) is 0. The Hall–Kier alpha value is -10.5. The van der Waals surface area contributed by atoms with Crippen LogP contribution in [0, 0.1) is 0 Å². The number of thioether (sulfide) groups is 2. The number of nitrogens with one attached hydrogen (secondary N) is 3. The van der Waals surface area contributed by atoms with Crippen molar-refractivity contribution in [3.63, 3.8) is 0 Å².